The van der Waals surface area contributed by atoms with E-state index in [1.807, 2.05) is 19.1 Å². The van der Waals surface area contributed by atoms with Crippen LogP contribution < -0.4 is 4.74 Å². The first-order valence-corrected chi connectivity index (χ1v) is 9.61. The monoisotopic (exact) mass is 385 g/mol. The van der Waals surface area contributed by atoms with E-state index in [2.05, 4.69) is 0 Å². The summed E-state index contributed by atoms with van der Waals surface area (Å²) in [6, 6.07) is 13.5. The van der Waals surface area contributed by atoms with E-state index in [9.17, 15) is 14.0 Å². The Morgan fingerprint density at radius 3 is 2.63 bits per heavy atom. The SMILES string of the molecule is CCCCN1C(=O)S/C(=C\c2ccc(OCc3cccc(F)c3)cc2)C1=O. The van der Waals surface area contributed by atoms with E-state index in [0.29, 0.717) is 17.2 Å². The van der Waals surface area contributed by atoms with Gasteiger partial charge in [0.1, 0.15) is 18.2 Å². The molecule has 0 aliphatic carbocycles. The molecule has 0 unspecified atom stereocenters. The van der Waals surface area contributed by atoms with Crippen molar-refractivity contribution in [3.8, 4) is 5.75 Å². The Balaban J connectivity index is 1.62. The standard InChI is InChI=1S/C21H20FNO3S/c1-2-3-11-23-20(24)19(27-21(23)25)13-15-7-9-18(10-8-15)26-14-16-5-4-6-17(22)12-16/h4-10,12-13H,2-3,11,14H2,1H3/b19-13-. The van der Waals surface area contributed by atoms with Gasteiger partial charge >= 0.3 is 0 Å². The zero-order valence-corrected chi connectivity index (χ0v) is 15.8. The minimum atomic E-state index is -0.292. The molecule has 0 atom stereocenters. The summed E-state index contributed by atoms with van der Waals surface area (Å²) < 4.78 is 18.8. The third kappa shape index (κ3) is 4.98. The summed E-state index contributed by atoms with van der Waals surface area (Å²) in [5, 5.41) is -0.213. The number of carbonyl (C=O) groups is 2. The number of hydrogen-bond acceptors (Lipinski definition) is 4. The molecule has 1 fully saturated rings. The van der Waals surface area contributed by atoms with Crippen molar-refractivity contribution in [3.63, 3.8) is 0 Å². The number of benzene rings is 2. The predicted molar refractivity (Wildman–Crippen MR) is 105 cm³/mol. The smallest absolute Gasteiger partial charge is 0.293 e. The van der Waals surface area contributed by atoms with E-state index in [1.54, 1.807) is 30.3 Å². The van der Waals surface area contributed by atoms with Crippen LogP contribution in [-0.2, 0) is 11.4 Å². The number of nitrogens with zero attached hydrogens (tertiary/aromatic N) is 1. The molecule has 27 heavy (non-hydrogen) atoms. The highest BCUT2D eigenvalue weighted by molar-refractivity contribution is 8.18. The van der Waals surface area contributed by atoms with Crippen molar-refractivity contribution in [2.24, 2.45) is 0 Å². The normalized spacial score (nSPS) is 15.6. The third-order valence-corrected chi connectivity index (χ3v) is 4.99. The molecule has 1 aliphatic heterocycles. The Kier molecular flexibility index (Phi) is 6.29. The highest BCUT2D eigenvalue weighted by atomic mass is 32.2. The molecule has 0 saturated carbocycles. The lowest BCUT2D eigenvalue weighted by Gasteiger charge is -2.10. The maximum Gasteiger partial charge on any atom is 0.293 e. The summed E-state index contributed by atoms with van der Waals surface area (Å²) in [5.74, 6) is 0.122. The van der Waals surface area contributed by atoms with Gasteiger partial charge in [-0.15, -0.1) is 0 Å². The molecular weight excluding hydrogens is 365 g/mol. The van der Waals surface area contributed by atoms with Gasteiger partial charge in [0.15, 0.2) is 0 Å². The summed E-state index contributed by atoms with van der Waals surface area (Å²) in [4.78, 5) is 26.0. The lowest BCUT2D eigenvalue weighted by molar-refractivity contribution is -0.122. The fourth-order valence-corrected chi connectivity index (χ4v) is 3.48. The minimum absolute atomic E-state index is 0.213. The Hall–Kier alpha value is -2.60. The van der Waals surface area contributed by atoms with Crippen molar-refractivity contribution >= 4 is 29.0 Å². The van der Waals surface area contributed by atoms with Crippen LogP contribution in [0.25, 0.3) is 6.08 Å². The first-order chi connectivity index (χ1) is 13.1. The van der Waals surface area contributed by atoms with Gasteiger partial charge in [0.05, 0.1) is 4.91 Å². The van der Waals surface area contributed by atoms with E-state index in [1.165, 1.54) is 17.0 Å². The molecule has 140 valence electrons. The van der Waals surface area contributed by atoms with E-state index in [-0.39, 0.29) is 23.6 Å². The van der Waals surface area contributed by atoms with Gasteiger partial charge in [0.2, 0.25) is 0 Å². The minimum Gasteiger partial charge on any atom is -0.489 e. The second kappa shape index (κ2) is 8.86. The number of amides is 2. The van der Waals surface area contributed by atoms with Gasteiger partial charge in [-0.1, -0.05) is 37.6 Å². The highest BCUT2D eigenvalue weighted by Gasteiger charge is 2.34. The molecule has 3 rings (SSSR count). The molecule has 1 saturated heterocycles. The summed E-state index contributed by atoms with van der Waals surface area (Å²) >= 11 is 0.972. The molecule has 1 heterocycles. The van der Waals surface area contributed by atoms with Crippen LogP contribution in [0.1, 0.15) is 30.9 Å². The average Bonchev–Trinajstić information content (AvgIpc) is 2.92. The van der Waals surface area contributed by atoms with Crippen molar-refractivity contribution in [1.82, 2.24) is 4.90 Å². The average molecular weight is 385 g/mol. The molecular formula is C21H20FNO3S. The highest BCUT2D eigenvalue weighted by Crippen LogP contribution is 2.32. The molecule has 0 N–H and O–H groups in total. The molecule has 0 bridgehead atoms. The number of thioether (sulfide) groups is 1. The first-order valence-electron chi connectivity index (χ1n) is 8.79. The number of carbonyl (C=O) groups excluding carboxylic acids is 2. The maximum absolute atomic E-state index is 13.2. The molecule has 1 aliphatic rings. The van der Waals surface area contributed by atoms with Gasteiger partial charge in [0.25, 0.3) is 11.1 Å². The zero-order valence-electron chi connectivity index (χ0n) is 15.0. The lowest BCUT2D eigenvalue weighted by Crippen LogP contribution is -2.29. The van der Waals surface area contributed by atoms with Crippen LogP contribution in [0.15, 0.2) is 53.4 Å². The van der Waals surface area contributed by atoms with Crippen LogP contribution in [0.2, 0.25) is 0 Å². The predicted octanol–water partition coefficient (Wildman–Crippen LogP) is 5.24. The number of imide groups is 1. The molecule has 2 aromatic carbocycles. The summed E-state index contributed by atoms with van der Waals surface area (Å²) in [7, 11) is 0. The van der Waals surface area contributed by atoms with Crippen molar-refractivity contribution in [1.29, 1.82) is 0 Å². The molecule has 4 nitrogen and oxygen atoms in total. The van der Waals surface area contributed by atoms with Crippen LogP contribution >= 0.6 is 11.8 Å². The van der Waals surface area contributed by atoms with Gasteiger partial charge in [-0.25, -0.2) is 4.39 Å². The van der Waals surface area contributed by atoms with Gasteiger partial charge in [-0.2, -0.15) is 0 Å². The van der Waals surface area contributed by atoms with E-state index in [0.717, 1.165) is 35.7 Å². The fourth-order valence-electron chi connectivity index (χ4n) is 2.61. The van der Waals surface area contributed by atoms with E-state index < -0.39 is 0 Å². The maximum atomic E-state index is 13.2. The second-order valence-electron chi connectivity index (χ2n) is 6.17. The number of ether oxygens (including phenoxy) is 1. The topological polar surface area (TPSA) is 46.6 Å². The van der Waals surface area contributed by atoms with Crippen molar-refractivity contribution in [2.45, 2.75) is 26.4 Å². The Morgan fingerprint density at radius 2 is 1.93 bits per heavy atom. The first kappa shape index (κ1) is 19.2. The Morgan fingerprint density at radius 1 is 1.15 bits per heavy atom. The zero-order chi connectivity index (χ0) is 19.2. The summed E-state index contributed by atoms with van der Waals surface area (Å²) in [6.45, 7) is 2.76. The number of halogens is 1. The molecule has 2 aromatic rings. The second-order valence-corrected chi connectivity index (χ2v) is 7.17. The Labute approximate surface area is 162 Å². The number of hydrogen-bond donors (Lipinski definition) is 0. The van der Waals surface area contributed by atoms with Crippen molar-refractivity contribution in [2.75, 3.05) is 6.54 Å². The summed E-state index contributed by atoms with van der Waals surface area (Å²) in [5.41, 5.74) is 1.56. The van der Waals surface area contributed by atoms with E-state index >= 15 is 0 Å². The molecule has 0 aromatic heterocycles. The van der Waals surface area contributed by atoms with Gasteiger partial charge < -0.3 is 4.74 Å². The van der Waals surface area contributed by atoms with Crippen LogP contribution in [0.5, 0.6) is 5.75 Å². The van der Waals surface area contributed by atoms with Crippen LogP contribution in [-0.4, -0.2) is 22.6 Å². The van der Waals surface area contributed by atoms with Crippen molar-refractivity contribution < 1.29 is 18.7 Å². The Bertz CT molecular complexity index is 864. The third-order valence-electron chi connectivity index (χ3n) is 4.08. The van der Waals surface area contributed by atoms with Crippen molar-refractivity contribution in [3.05, 3.63) is 70.4 Å². The van der Waals surface area contributed by atoms with E-state index in [4.69, 9.17) is 4.74 Å². The molecule has 0 radical (unpaired) electrons. The lowest BCUT2D eigenvalue weighted by atomic mass is 10.2. The van der Waals surface area contributed by atoms with Crippen LogP contribution in [0.3, 0.4) is 0 Å². The molecule has 2 amide bonds. The molecule has 0 spiro atoms. The van der Waals surface area contributed by atoms with Crippen LogP contribution in [0, 0.1) is 5.82 Å². The molecule has 6 heteroatoms. The summed E-state index contributed by atoms with van der Waals surface area (Å²) in [6.07, 6.45) is 3.45. The van der Waals surface area contributed by atoms with Crippen LogP contribution in [0.4, 0.5) is 9.18 Å². The van der Waals surface area contributed by atoms with Gasteiger partial charge in [0, 0.05) is 6.54 Å². The number of rotatable bonds is 7. The number of unbranched alkanes of at least 4 members (excludes halogenated alkanes) is 1. The fraction of sp³-hybridized carbons (Fsp3) is 0.238. The quantitative estimate of drug-likeness (QED) is 0.612. The largest absolute Gasteiger partial charge is 0.489 e. The van der Waals surface area contributed by atoms with Gasteiger partial charge in [-0.3, -0.25) is 14.5 Å². The van der Waals surface area contributed by atoms with Gasteiger partial charge in [-0.05, 0) is 59.7 Å².